The second-order valence-corrected chi connectivity index (χ2v) is 6.93. The summed E-state index contributed by atoms with van der Waals surface area (Å²) < 4.78 is 0.674. The van der Waals surface area contributed by atoms with E-state index in [4.69, 9.17) is 0 Å². The summed E-state index contributed by atoms with van der Waals surface area (Å²) in [6, 6.07) is 10.0. The van der Waals surface area contributed by atoms with Crippen LogP contribution in [0.5, 0.6) is 0 Å². The van der Waals surface area contributed by atoms with Gasteiger partial charge in [-0.15, -0.1) is 11.8 Å². The molecule has 3 nitrogen and oxygen atoms in total. The van der Waals surface area contributed by atoms with Crippen molar-refractivity contribution in [2.45, 2.75) is 17.6 Å². The first kappa shape index (κ1) is 14.7. The molecule has 0 N–H and O–H groups in total. The third-order valence-electron chi connectivity index (χ3n) is 3.56. The van der Waals surface area contributed by atoms with Gasteiger partial charge in [-0.25, -0.2) is 0 Å². The van der Waals surface area contributed by atoms with E-state index in [1.165, 1.54) is 0 Å². The van der Waals surface area contributed by atoms with Crippen molar-refractivity contribution in [2.24, 2.45) is 0 Å². The number of piperidine rings is 1. The van der Waals surface area contributed by atoms with Gasteiger partial charge in [0.25, 0.3) is 5.91 Å². The van der Waals surface area contributed by atoms with Crippen molar-refractivity contribution in [2.75, 3.05) is 19.3 Å². The van der Waals surface area contributed by atoms with Gasteiger partial charge >= 0.3 is 0 Å². The van der Waals surface area contributed by atoms with Crippen LogP contribution in [0.4, 0.5) is 0 Å². The zero-order valence-electron chi connectivity index (χ0n) is 10.7. The van der Waals surface area contributed by atoms with Gasteiger partial charge in [-0.05, 0) is 53.8 Å². The summed E-state index contributed by atoms with van der Waals surface area (Å²) in [6.07, 6.45) is 3.47. The summed E-state index contributed by atoms with van der Waals surface area (Å²) in [6.45, 7) is 1.33. The lowest BCUT2D eigenvalue weighted by Gasteiger charge is -2.36. The molecule has 1 aromatic carbocycles. The van der Waals surface area contributed by atoms with Crippen molar-refractivity contribution < 1.29 is 4.79 Å². The maximum absolute atomic E-state index is 12.4. The number of nitriles is 1. The summed E-state index contributed by atoms with van der Waals surface area (Å²) in [5.41, 5.74) is 0.761. The van der Waals surface area contributed by atoms with Gasteiger partial charge in [0, 0.05) is 16.7 Å². The average molecular weight is 386 g/mol. The Hall–Kier alpha value is -0.740. The van der Waals surface area contributed by atoms with Crippen molar-refractivity contribution in [3.63, 3.8) is 0 Å². The normalized spacial score (nSPS) is 17.8. The highest BCUT2D eigenvalue weighted by Crippen LogP contribution is 2.34. The molecular formula is C14H15IN2OS. The van der Waals surface area contributed by atoms with Gasteiger partial charge in [0.1, 0.15) is 4.75 Å². The first-order chi connectivity index (χ1) is 9.12. The predicted molar refractivity (Wildman–Crippen MR) is 86.2 cm³/mol. The molecule has 5 heteroatoms. The van der Waals surface area contributed by atoms with Crippen molar-refractivity contribution in [3.8, 4) is 6.07 Å². The minimum atomic E-state index is -0.305. The number of carbonyl (C=O) groups excluding carboxylic acids is 1. The summed E-state index contributed by atoms with van der Waals surface area (Å²) in [5, 5.41) is 9.25. The van der Waals surface area contributed by atoms with Crippen LogP contribution in [0.3, 0.4) is 0 Å². The fourth-order valence-electron chi connectivity index (χ4n) is 2.24. The molecule has 1 saturated heterocycles. The molecule has 100 valence electrons. The number of likely N-dealkylation sites (tertiary alicyclic amines) is 1. The third kappa shape index (κ3) is 3.06. The molecule has 1 heterocycles. The van der Waals surface area contributed by atoms with Gasteiger partial charge in [-0.3, -0.25) is 4.79 Å². The van der Waals surface area contributed by atoms with Crippen LogP contribution >= 0.6 is 34.4 Å². The standard InChI is InChI=1S/C14H15IN2OS/c1-19-14(10-16)6-8-17(9-7-14)13(18)11-4-2-3-5-12(11)15/h2-5H,6-9H2,1H3. The summed E-state index contributed by atoms with van der Waals surface area (Å²) in [4.78, 5) is 14.3. The zero-order chi connectivity index (χ0) is 13.9. The number of benzene rings is 1. The summed E-state index contributed by atoms with van der Waals surface area (Å²) >= 11 is 3.79. The predicted octanol–water partition coefficient (Wildman–Crippen LogP) is 3.15. The van der Waals surface area contributed by atoms with Crippen LogP contribution < -0.4 is 0 Å². The second kappa shape index (κ2) is 6.14. The van der Waals surface area contributed by atoms with E-state index in [9.17, 15) is 10.1 Å². The van der Waals surface area contributed by atoms with Crippen LogP contribution in [0.25, 0.3) is 0 Å². The van der Waals surface area contributed by atoms with Crippen molar-refractivity contribution >= 4 is 40.3 Å². The summed E-state index contributed by atoms with van der Waals surface area (Å²) in [5.74, 6) is 0.0812. The fraction of sp³-hybridized carbons (Fsp3) is 0.429. The van der Waals surface area contributed by atoms with Gasteiger partial charge in [-0.2, -0.15) is 5.26 Å². The quantitative estimate of drug-likeness (QED) is 0.734. The van der Waals surface area contributed by atoms with Gasteiger partial charge in [0.05, 0.1) is 11.6 Å². The lowest BCUT2D eigenvalue weighted by atomic mass is 9.96. The highest BCUT2D eigenvalue weighted by molar-refractivity contribution is 14.1. The first-order valence-electron chi connectivity index (χ1n) is 6.12. The maximum atomic E-state index is 12.4. The molecule has 2 rings (SSSR count). The van der Waals surface area contributed by atoms with Crippen LogP contribution in [-0.2, 0) is 0 Å². The van der Waals surface area contributed by atoms with Crippen LogP contribution in [0.2, 0.25) is 0 Å². The van der Waals surface area contributed by atoms with Crippen LogP contribution in [0.1, 0.15) is 23.2 Å². The van der Waals surface area contributed by atoms with Gasteiger partial charge in [-0.1, -0.05) is 12.1 Å². The number of nitrogens with zero attached hydrogens (tertiary/aromatic N) is 2. The van der Waals surface area contributed by atoms with E-state index in [0.29, 0.717) is 13.1 Å². The Bertz CT molecular complexity index is 518. The van der Waals surface area contributed by atoms with E-state index in [1.54, 1.807) is 11.8 Å². The van der Waals surface area contributed by atoms with Crippen LogP contribution in [0.15, 0.2) is 24.3 Å². The van der Waals surface area contributed by atoms with E-state index in [0.717, 1.165) is 22.0 Å². The topological polar surface area (TPSA) is 44.1 Å². The van der Waals surface area contributed by atoms with Gasteiger partial charge in [0.15, 0.2) is 0 Å². The highest BCUT2D eigenvalue weighted by Gasteiger charge is 2.35. The van der Waals surface area contributed by atoms with Crippen molar-refractivity contribution in [1.82, 2.24) is 4.90 Å². The molecule has 1 aliphatic heterocycles. The molecule has 1 amide bonds. The Morgan fingerprint density at radius 2 is 2.05 bits per heavy atom. The molecule has 1 aromatic rings. The monoisotopic (exact) mass is 386 g/mol. The molecule has 1 fully saturated rings. The Labute approximate surface area is 131 Å². The molecular weight excluding hydrogens is 371 g/mol. The van der Waals surface area contributed by atoms with E-state index >= 15 is 0 Å². The molecule has 0 unspecified atom stereocenters. The second-order valence-electron chi connectivity index (χ2n) is 4.58. The van der Waals surface area contributed by atoms with Crippen molar-refractivity contribution in [3.05, 3.63) is 33.4 Å². The zero-order valence-corrected chi connectivity index (χ0v) is 13.7. The minimum Gasteiger partial charge on any atom is -0.338 e. The number of rotatable bonds is 2. The molecule has 19 heavy (non-hydrogen) atoms. The molecule has 0 saturated carbocycles. The molecule has 0 radical (unpaired) electrons. The van der Waals surface area contributed by atoms with E-state index in [2.05, 4.69) is 28.7 Å². The molecule has 0 aliphatic carbocycles. The number of halogens is 1. The van der Waals surface area contributed by atoms with E-state index in [1.807, 2.05) is 35.4 Å². The molecule has 0 spiro atoms. The molecule has 0 aromatic heterocycles. The lowest BCUT2D eigenvalue weighted by Crippen LogP contribution is -2.44. The van der Waals surface area contributed by atoms with E-state index in [-0.39, 0.29) is 10.7 Å². The third-order valence-corrected chi connectivity index (χ3v) is 5.78. The Balaban J connectivity index is 2.09. The number of carbonyl (C=O) groups is 1. The lowest BCUT2D eigenvalue weighted by molar-refractivity contribution is 0.0715. The minimum absolute atomic E-state index is 0.0812. The van der Waals surface area contributed by atoms with Gasteiger partial charge < -0.3 is 4.90 Å². The number of hydrogen-bond donors (Lipinski definition) is 0. The highest BCUT2D eigenvalue weighted by atomic mass is 127. The van der Waals surface area contributed by atoms with Crippen LogP contribution in [-0.4, -0.2) is 34.9 Å². The Kier molecular flexibility index (Phi) is 4.74. The van der Waals surface area contributed by atoms with Crippen molar-refractivity contribution in [1.29, 1.82) is 5.26 Å². The smallest absolute Gasteiger partial charge is 0.254 e. The van der Waals surface area contributed by atoms with Gasteiger partial charge in [0.2, 0.25) is 0 Å². The summed E-state index contributed by atoms with van der Waals surface area (Å²) in [7, 11) is 0. The average Bonchev–Trinajstić information content (AvgIpc) is 2.47. The number of thioether (sulfide) groups is 1. The fourth-order valence-corrected chi connectivity index (χ4v) is 3.54. The van der Waals surface area contributed by atoms with Crippen LogP contribution in [0, 0.1) is 14.9 Å². The van der Waals surface area contributed by atoms with E-state index < -0.39 is 0 Å². The molecule has 1 aliphatic rings. The SMILES string of the molecule is CSC1(C#N)CCN(C(=O)c2ccccc2I)CC1. The Morgan fingerprint density at radius 1 is 1.42 bits per heavy atom. The first-order valence-corrected chi connectivity index (χ1v) is 8.42. The molecule has 0 atom stereocenters. The number of amides is 1. The Morgan fingerprint density at radius 3 is 2.58 bits per heavy atom. The largest absolute Gasteiger partial charge is 0.338 e. The maximum Gasteiger partial charge on any atom is 0.254 e. The number of hydrogen-bond acceptors (Lipinski definition) is 3. The molecule has 0 bridgehead atoms.